The van der Waals surface area contributed by atoms with Gasteiger partial charge in [0.15, 0.2) is 0 Å². The summed E-state index contributed by atoms with van der Waals surface area (Å²) in [6.45, 7) is 0. The van der Waals surface area contributed by atoms with Crippen LogP contribution in [-0.2, 0) is 0 Å². The molecule has 0 heterocycles. The maximum Gasteiger partial charge on any atom is 0.103 e. The van der Waals surface area contributed by atoms with Crippen molar-refractivity contribution in [3.05, 3.63) is 34.4 Å². The number of thiocarbonyl (C=S) groups is 1. The third-order valence-electron chi connectivity index (χ3n) is 3.69. The Morgan fingerprint density at radius 1 is 1.33 bits per heavy atom. The van der Waals surface area contributed by atoms with Crippen LogP contribution in [0, 0.1) is 0 Å². The van der Waals surface area contributed by atoms with Gasteiger partial charge in [-0.3, -0.25) is 0 Å². The van der Waals surface area contributed by atoms with Crippen LogP contribution in [0.25, 0.3) is 0 Å². The molecule has 15 heavy (non-hydrogen) atoms. The minimum atomic E-state index is 0.249. The number of nitrogens with zero attached hydrogens (tertiary/aromatic N) is 1. The first-order valence-corrected chi connectivity index (χ1v) is 5.97. The summed E-state index contributed by atoms with van der Waals surface area (Å²) in [6, 6.07) is 0.249. The van der Waals surface area contributed by atoms with E-state index in [0.717, 1.165) is 6.42 Å². The zero-order valence-corrected chi connectivity index (χ0v) is 9.44. The molecule has 0 aromatic carbocycles. The maximum absolute atomic E-state index is 4.77. The van der Waals surface area contributed by atoms with Crippen LogP contribution >= 0.6 is 12.2 Å². The second-order valence-corrected chi connectivity index (χ2v) is 4.62. The van der Waals surface area contributed by atoms with Crippen molar-refractivity contribution in [3.63, 3.8) is 0 Å². The van der Waals surface area contributed by atoms with Crippen molar-refractivity contribution in [1.29, 1.82) is 0 Å². The van der Waals surface area contributed by atoms with E-state index in [1.807, 2.05) is 0 Å². The van der Waals surface area contributed by atoms with Crippen molar-refractivity contribution in [3.8, 4) is 0 Å². The van der Waals surface area contributed by atoms with Crippen molar-refractivity contribution >= 4 is 17.4 Å². The van der Waals surface area contributed by atoms with Gasteiger partial charge in [0.25, 0.3) is 0 Å². The summed E-state index contributed by atoms with van der Waals surface area (Å²) in [6.07, 6.45) is 10.5. The quantitative estimate of drug-likeness (QED) is 0.370. The fraction of sp³-hybridized carbons (Fsp3) is 0.462. The highest BCUT2D eigenvalue weighted by Crippen LogP contribution is 2.44. The zero-order chi connectivity index (χ0) is 10.3. The number of rotatable bonds is 1. The molecule has 3 rings (SSSR count). The lowest BCUT2D eigenvalue weighted by Crippen LogP contribution is -2.16. The molecule has 3 aliphatic rings. The number of hydrogen-bond donors (Lipinski definition) is 0. The van der Waals surface area contributed by atoms with Gasteiger partial charge in [-0.25, -0.2) is 4.99 Å². The molecule has 0 aliphatic heterocycles. The third kappa shape index (κ3) is 1.37. The van der Waals surface area contributed by atoms with E-state index in [4.69, 9.17) is 12.2 Å². The second kappa shape index (κ2) is 3.55. The molecule has 1 nitrogen and oxygen atoms in total. The van der Waals surface area contributed by atoms with E-state index in [1.54, 1.807) is 11.1 Å². The first-order chi connectivity index (χ1) is 7.40. The Morgan fingerprint density at radius 2 is 2.27 bits per heavy atom. The standard InChI is InChI=1S/C13H13NS/c15-8-14-13-11-5-1-3-9(11)7-10-4-2-6-12(10)13/h1,3,13H,2,4-7H2. The summed E-state index contributed by atoms with van der Waals surface area (Å²) in [5.74, 6) is 0. The molecule has 1 unspecified atom stereocenters. The van der Waals surface area contributed by atoms with Crippen molar-refractivity contribution in [2.75, 3.05) is 0 Å². The van der Waals surface area contributed by atoms with E-state index in [1.165, 1.54) is 36.8 Å². The summed E-state index contributed by atoms with van der Waals surface area (Å²) in [7, 11) is 0. The van der Waals surface area contributed by atoms with Crippen LogP contribution in [-0.4, -0.2) is 11.2 Å². The van der Waals surface area contributed by atoms with Gasteiger partial charge in [0.2, 0.25) is 0 Å². The first-order valence-electron chi connectivity index (χ1n) is 5.56. The molecular formula is C13H13NS. The van der Waals surface area contributed by atoms with Crippen LogP contribution in [0.3, 0.4) is 0 Å². The summed E-state index contributed by atoms with van der Waals surface area (Å²) < 4.78 is 0. The van der Waals surface area contributed by atoms with E-state index >= 15 is 0 Å². The molecule has 0 saturated heterocycles. The van der Waals surface area contributed by atoms with E-state index in [2.05, 4.69) is 22.3 Å². The Kier molecular flexibility index (Phi) is 2.19. The molecule has 0 bridgehead atoms. The van der Waals surface area contributed by atoms with Crippen LogP contribution in [0.5, 0.6) is 0 Å². The third-order valence-corrected chi connectivity index (χ3v) is 3.80. The Morgan fingerprint density at radius 3 is 3.13 bits per heavy atom. The second-order valence-electron chi connectivity index (χ2n) is 4.44. The highest BCUT2D eigenvalue weighted by molar-refractivity contribution is 7.78. The van der Waals surface area contributed by atoms with Crippen molar-refractivity contribution in [2.45, 2.75) is 38.1 Å². The average molecular weight is 215 g/mol. The molecule has 1 atom stereocenters. The van der Waals surface area contributed by atoms with Gasteiger partial charge in [0.1, 0.15) is 6.04 Å². The van der Waals surface area contributed by atoms with Gasteiger partial charge in [-0.2, -0.15) is 0 Å². The molecule has 0 N–H and O–H groups in total. The van der Waals surface area contributed by atoms with Crippen LogP contribution in [0.1, 0.15) is 32.1 Å². The topological polar surface area (TPSA) is 12.4 Å². The average Bonchev–Trinajstić information content (AvgIpc) is 2.84. The van der Waals surface area contributed by atoms with Crippen molar-refractivity contribution in [1.82, 2.24) is 0 Å². The van der Waals surface area contributed by atoms with Crippen molar-refractivity contribution < 1.29 is 0 Å². The first kappa shape index (κ1) is 9.26. The highest BCUT2D eigenvalue weighted by Gasteiger charge is 2.31. The monoisotopic (exact) mass is 215 g/mol. The summed E-state index contributed by atoms with van der Waals surface area (Å²) in [5, 5.41) is 2.57. The van der Waals surface area contributed by atoms with E-state index in [-0.39, 0.29) is 6.04 Å². The normalized spacial score (nSPS) is 27.9. The molecule has 0 saturated carbocycles. The van der Waals surface area contributed by atoms with Crippen LogP contribution in [0.4, 0.5) is 0 Å². The van der Waals surface area contributed by atoms with E-state index in [0.29, 0.717) is 0 Å². The molecule has 3 aliphatic carbocycles. The van der Waals surface area contributed by atoms with Crippen molar-refractivity contribution in [2.24, 2.45) is 4.99 Å². The number of allylic oxidation sites excluding steroid dienone is 4. The summed E-state index contributed by atoms with van der Waals surface area (Å²) in [5.41, 5.74) is 6.15. The fourth-order valence-corrected chi connectivity index (χ4v) is 3.14. The largest absolute Gasteiger partial charge is 0.220 e. The van der Waals surface area contributed by atoms with E-state index in [9.17, 15) is 0 Å². The fourth-order valence-electron chi connectivity index (χ4n) is 3.04. The van der Waals surface area contributed by atoms with Gasteiger partial charge in [-0.15, -0.1) is 0 Å². The van der Waals surface area contributed by atoms with Gasteiger partial charge >= 0.3 is 0 Å². The molecule has 0 aromatic rings. The number of isothiocyanates is 1. The lowest BCUT2D eigenvalue weighted by molar-refractivity contribution is 0.792. The van der Waals surface area contributed by atoms with E-state index < -0.39 is 0 Å². The smallest absolute Gasteiger partial charge is 0.103 e. The summed E-state index contributed by atoms with van der Waals surface area (Å²) in [4.78, 5) is 4.38. The summed E-state index contributed by atoms with van der Waals surface area (Å²) >= 11 is 4.77. The predicted molar refractivity (Wildman–Crippen MR) is 65.1 cm³/mol. The van der Waals surface area contributed by atoms with Crippen LogP contribution in [0.15, 0.2) is 39.4 Å². The molecule has 76 valence electrons. The Labute approximate surface area is 95.3 Å². The molecule has 0 aromatic heterocycles. The van der Waals surface area contributed by atoms with Gasteiger partial charge in [0, 0.05) is 0 Å². The van der Waals surface area contributed by atoms with Crippen LogP contribution in [0.2, 0.25) is 0 Å². The number of aliphatic imine (C=N–C) groups is 1. The SMILES string of the molecule is S=C=NC1C2=C(C=CC2)CC2=C1CCC2. The van der Waals surface area contributed by atoms with Gasteiger partial charge in [-0.05, 0) is 61.0 Å². The van der Waals surface area contributed by atoms with Crippen LogP contribution < -0.4 is 0 Å². The molecule has 0 fully saturated rings. The Balaban J connectivity index is 2.05. The minimum Gasteiger partial charge on any atom is -0.220 e. The molecule has 0 radical (unpaired) electrons. The van der Waals surface area contributed by atoms with Gasteiger partial charge in [0.05, 0.1) is 5.16 Å². The maximum atomic E-state index is 4.77. The minimum absolute atomic E-state index is 0.249. The van der Waals surface area contributed by atoms with Gasteiger partial charge < -0.3 is 0 Å². The lowest BCUT2D eigenvalue weighted by atomic mass is 9.85. The number of hydrogen-bond acceptors (Lipinski definition) is 2. The van der Waals surface area contributed by atoms with Gasteiger partial charge in [-0.1, -0.05) is 17.7 Å². The highest BCUT2D eigenvalue weighted by atomic mass is 32.1. The lowest BCUT2D eigenvalue weighted by Gasteiger charge is -2.23. The Hall–Kier alpha value is -0.980. The molecular weight excluding hydrogens is 202 g/mol. The molecule has 0 amide bonds. The molecule has 0 spiro atoms. The zero-order valence-electron chi connectivity index (χ0n) is 8.62. The molecule has 2 heteroatoms. The predicted octanol–water partition coefficient (Wildman–Crippen LogP) is 3.60. The Bertz CT molecular complexity index is 445.